The SMILES string of the molecule is CSCC(=O)Nc1nc(CN2CCOCC2)cs1. The number of morpholine rings is 1. The predicted molar refractivity (Wildman–Crippen MR) is 75.2 cm³/mol. The van der Waals surface area contributed by atoms with E-state index in [-0.39, 0.29) is 5.91 Å². The maximum Gasteiger partial charge on any atom is 0.236 e. The summed E-state index contributed by atoms with van der Waals surface area (Å²) >= 11 is 2.99. The van der Waals surface area contributed by atoms with E-state index in [1.807, 2.05) is 11.6 Å². The highest BCUT2D eigenvalue weighted by Gasteiger charge is 2.13. The molecule has 18 heavy (non-hydrogen) atoms. The van der Waals surface area contributed by atoms with Crippen molar-refractivity contribution in [1.82, 2.24) is 9.88 Å². The van der Waals surface area contributed by atoms with Crippen LogP contribution in [0.15, 0.2) is 5.38 Å². The number of carbonyl (C=O) groups is 1. The summed E-state index contributed by atoms with van der Waals surface area (Å²) in [5.74, 6) is 0.480. The molecule has 0 radical (unpaired) electrons. The molecule has 0 saturated carbocycles. The van der Waals surface area contributed by atoms with Gasteiger partial charge in [-0.25, -0.2) is 4.98 Å². The molecule has 1 aliphatic rings. The number of ether oxygens (including phenoxy) is 1. The Balaban J connectivity index is 1.83. The molecular formula is C11H17N3O2S2. The highest BCUT2D eigenvalue weighted by molar-refractivity contribution is 7.99. The van der Waals surface area contributed by atoms with E-state index in [2.05, 4.69) is 15.2 Å². The molecule has 0 unspecified atom stereocenters. The lowest BCUT2D eigenvalue weighted by Gasteiger charge is -2.25. The molecule has 0 spiro atoms. The van der Waals surface area contributed by atoms with Gasteiger partial charge in [-0.05, 0) is 6.26 Å². The van der Waals surface area contributed by atoms with E-state index in [4.69, 9.17) is 4.74 Å². The van der Waals surface area contributed by atoms with Crippen LogP contribution in [0.2, 0.25) is 0 Å². The largest absolute Gasteiger partial charge is 0.379 e. The Morgan fingerprint density at radius 3 is 3.11 bits per heavy atom. The Hall–Kier alpha value is -0.630. The second kappa shape index (κ2) is 7.08. The molecular weight excluding hydrogens is 270 g/mol. The number of aromatic nitrogens is 1. The summed E-state index contributed by atoms with van der Waals surface area (Å²) in [5.41, 5.74) is 1.02. The minimum Gasteiger partial charge on any atom is -0.379 e. The fraction of sp³-hybridized carbons (Fsp3) is 0.636. The van der Waals surface area contributed by atoms with E-state index >= 15 is 0 Å². The lowest BCUT2D eigenvalue weighted by atomic mass is 10.4. The average Bonchev–Trinajstić information content (AvgIpc) is 2.78. The van der Waals surface area contributed by atoms with Crippen molar-refractivity contribution in [2.24, 2.45) is 0 Å². The van der Waals surface area contributed by atoms with Crippen LogP contribution in [0.25, 0.3) is 0 Å². The smallest absolute Gasteiger partial charge is 0.236 e. The number of thioether (sulfide) groups is 1. The molecule has 1 N–H and O–H groups in total. The first-order valence-electron chi connectivity index (χ1n) is 5.81. The summed E-state index contributed by atoms with van der Waals surface area (Å²) in [5, 5.41) is 5.50. The van der Waals surface area contributed by atoms with Crippen LogP contribution in [0.3, 0.4) is 0 Å². The van der Waals surface area contributed by atoms with Crippen molar-refractivity contribution in [1.29, 1.82) is 0 Å². The molecule has 0 atom stereocenters. The first kappa shape index (κ1) is 13.8. The van der Waals surface area contributed by atoms with Gasteiger partial charge in [-0.15, -0.1) is 11.3 Å². The van der Waals surface area contributed by atoms with Crippen molar-refractivity contribution < 1.29 is 9.53 Å². The van der Waals surface area contributed by atoms with Gasteiger partial charge in [0, 0.05) is 25.0 Å². The van der Waals surface area contributed by atoms with Gasteiger partial charge in [0.2, 0.25) is 5.91 Å². The van der Waals surface area contributed by atoms with Crippen LogP contribution < -0.4 is 5.32 Å². The fourth-order valence-electron chi connectivity index (χ4n) is 1.71. The fourth-order valence-corrected chi connectivity index (χ4v) is 2.76. The third-order valence-electron chi connectivity index (χ3n) is 2.56. The zero-order chi connectivity index (χ0) is 12.8. The van der Waals surface area contributed by atoms with Gasteiger partial charge in [0.05, 0.1) is 24.7 Å². The first-order valence-corrected chi connectivity index (χ1v) is 8.08. The van der Waals surface area contributed by atoms with Crippen molar-refractivity contribution in [2.45, 2.75) is 6.54 Å². The summed E-state index contributed by atoms with van der Waals surface area (Å²) in [6, 6.07) is 0. The third kappa shape index (κ3) is 4.24. The average molecular weight is 287 g/mol. The van der Waals surface area contributed by atoms with E-state index in [1.54, 1.807) is 0 Å². The Morgan fingerprint density at radius 1 is 1.61 bits per heavy atom. The van der Waals surface area contributed by atoms with Crippen molar-refractivity contribution in [3.05, 3.63) is 11.1 Å². The number of hydrogen-bond donors (Lipinski definition) is 1. The molecule has 7 heteroatoms. The summed E-state index contributed by atoms with van der Waals surface area (Å²) < 4.78 is 5.30. The molecule has 1 aromatic rings. The highest BCUT2D eigenvalue weighted by atomic mass is 32.2. The third-order valence-corrected chi connectivity index (χ3v) is 3.92. The summed E-state index contributed by atoms with van der Waals surface area (Å²) in [4.78, 5) is 18.2. The number of carbonyl (C=O) groups excluding carboxylic acids is 1. The Labute approximate surface area is 115 Å². The molecule has 1 saturated heterocycles. The Morgan fingerprint density at radius 2 is 2.39 bits per heavy atom. The normalized spacial score (nSPS) is 16.7. The number of anilines is 1. The number of nitrogens with one attached hydrogen (secondary N) is 1. The van der Waals surface area contributed by atoms with Crippen LogP contribution in [0, 0.1) is 0 Å². The maximum atomic E-state index is 11.4. The van der Waals surface area contributed by atoms with Crippen LogP contribution in [0.5, 0.6) is 0 Å². The van der Waals surface area contributed by atoms with Gasteiger partial charge in [0.25, 0.3) is 0 Å². The van der Waals surface area contributed by atoms with Gasteiger partial charge in [-0.2, -0.15) is 11.8 Å². The van der Waals surface area contributed by atoms with Crippen LogP contribution in [-0.4, -0.2) is 54.1 Å². The second-order valence-corrected chi connectivity index (χ2v) is 5.74. The van der Waals surface area contributed by atoms with Gasteiger partial charge in [0.15, 0.2) is 5.13 Å². The highest BCUT2D eigenvalue weighted by Crippen LogP contribution is 2.17. The predicted octanol–water partition coefficient (Wildman–Crippen LogP) is 1.28. The monoisotopic (exact) mass is 287 g/mol. The molecule has 0 aromatic carbocycles. The number of amides is 1. The van der Waals surface area contributed by atoms with Crippen molar-refractivity contribution >= 4 is 34.1 Å². The second-order valence-electron chi connectivity index (χ2n) is 4.01. The van der Waals surface area contributed by atoms with Gasteiger partial charge in [0.1, 0.15) is 0 Å². The van der Waals surface area contributed by atoms with E-state index in [0.29, 0.717) is 10.9 Å². The molecule has 2 heterocycles. The quantitative estimate of drug-likeness (QED) is 0.884. The Kier molecular flexibility index (Phi) is 5.43. The van der Waals surface area contributed by atoms with E-state index in [9.17, 15) is 4.79 Å². The number of hydrogen-bond acceptors (Lipinski definition) is 6. The summed E-state index contributed by atoms with van der Waals surface area (Å²) in [6.45, 7) is 4.32. The lowest BCUT2D eigenvalue weighted by molar-refractivity contribution is -0.113. The Bertz CT molecular complexity index is 391. The standard InChI is InChI=1S/C11H17N3O2S2/c1-17-8-10(15)13-11-12-9(7-18-11)6-14-2-4-16-5-3-14/h7H,2-6,8H2,1H3,(H,12,13,15). The molecule has 0 bridgehead atoms. The zero-order valence-corrected chi connectivity index (χ0v) is 12.0. The van der Waals surface area contributed by atoms with Crippen LogP contribution in [0.4, 0.5) is 5.13 Å². The van der Waals surface area contributed by atoms with E-state index in [0.717, 1.165) is 38.5 Å². The molecule has 1 aromatic heterocycles. The molecule has 1 aliphatic heterocycles. The van der Waals surface area contributed by atoms with Gasteiger partial charge >= 0.3 is 0 Å². The number of nitrogens with zero attached hydrogens (tertiary/aromatic N) is 2. The van der Waals surface area contributed by atoms with Gasteiger partial charge in [-0.1, -0.05) is 0 Å². The van der Waals surface area contributed by atoms with Gasteiger partial charge < -0.3 is 10.1 Å². The summed E-state index contributed by atoms with van der Waals surface area (Å²) in [7, 11) is 0. The van der Waals surface area contributed by atoms with Crippen LogP contribution in [0.1, 0.15) is 5.69 Å². The molecule has 100 valence electrons. The molecule has 5 nitrogen and oxygen atoms in total. The zero-order valence-electron chi connectivity index (χ0n) is 10.3. The molecule has 2 rings (SSSR count). The van der Waals surface area contributed by atoms with Crippen LogP contribution >= 0.6 is 23.1 Å². The van der Waals surface area contributed by atoms with Crippen LogP contribution in [-0.2, 0) is 16.1 Å². The molecule has 1 fully saturated rings. The van der Waals surface area contributed by atoms with Crippen molar-refractivity contribution in [2.75, 3.05) is 43.6 Å². The lowest BCUT2D eigenvalue weighted by Crippen LogP contribution is -2.35. The van der Waals surface area contributed by atoms with E-state index < -0.39 is 0 Å². The maximum absolute atomic E-state index is 11.4. The molecule has 0 aliphatic carbocycles. The number of rotatable bonds is 5. The number of thiazole rings is 1. The van der Waals surface area contributed by atoms with Crippen molar-refractivity contribution in [3.8, 4) is 0 Å². The minimum absolute atomic E-state index is 0.00905. The van der Waals surface area contributed by atoms with Gasteiger partial charge in [-0.3, -0.25) is 9.69 Å². The first-order chi connectivity index (χ1) is 8.78. The summed E-state index contributed by atoms with van der Waals surface area (Å²) in [6.07, 6.45) is 1.91. The minimum atomic E-state index is 0.00905. The topological polar surface area (TPSA) is 54.5 Å². The molecule has 1 amide bonds. The van der Waals surface area contributed by atoms with E-state index in [1.165, 1.54) is 23.1 Å². The van der Waals surface area contributed by atoms with Crippen molar-refractivity contribution in [3.63, 3.8) is 0 Å².